The normalized spacial score (nSPS) is 21.2. The summed E-state index contributed by atoms with van der Waals surface area (Å²) in [6.07, 6.45) is 0.991. The lowest BCUT2D eigenvalue weighted by Crippen LogP contribution is -2.27. The van der Waals surface area contributed by atoms with Gasteiger partial charge in [-0.15, -0.1) is 0 Å². The largest absolute Gasteiger partial charge is 0.491 e. The van der Waals surface area contributed by atoms with Crippen LogP contribution in [0.1, 0.15) is 25.0 Å². The first-order valence-corrected chi connectivity index (χ1v) is 4.25. The maximum Gasteiger partial charge on any atom is 0.491 e. The smallest absolute Gasteiger partial charge is 0.423 e. The summed E-state index contributed by atoms with van der Waals surface area (Å²) in [5.74, 6) is 0. The van der Waals surface area contributed by atoms with E-state index in [1.165, 1.54) is 0 Å². The molecule has 1 atom stereocenters. The first kappa shape index (κ1) is 7.83. The Morgan fingerprint density at radius 2 is 2.25 bits per heavy atom. The summed E-state index contributed by atoms with van der Waals surface area (Å²) in [7, 11) is -0.717. The number of benzene rings is 1. The molecule has 2 rings (SSSR count). The van der Waals surface area contributed by atoms with Crippen LogP contribution in [0.15, 0.2) is 24.3 Å². The number of hydrogen-bond donors (Lipinski definition) is 1. The second-order valence-electron chi connectivity index (χ2n) is 3.01. The molecular formula is C9H11BO2. The molecule has 1 aromatic carbocycles. The highest BCUT2D eigenvalue weighted by atomic mass is 16.5. The Labute approximate surface area is 72.3 Å². The molecule has 0 saturated carbocycles. The van der Waals surface area contributed by atoms with Crippen molar-refractivity contribution < 1.29 is 9.68 Å². The molecule has 1 heterocycles. The van der Waals surface area contributed by atoms with Gasteiger partial charge in [0.25, 0.3) is 0 Å². The summed E-state index contributed by atoms with van der Waals surface area (Å²) in [4.78, 5) is 0. The molecule has 1 aliphatic heterocycles. The Bertz CT molecular complexity index is 288. The van der Waals surface area contributed by atoms with Crippen LogP contribution >= 0.6 is 0 Å². The van der Waals surface area contributed by atoms with Gasteiger partial charge in [-0.2, -0.15) is 0 Å². The molecule has 0 bridgehead atoms. The van der Waals surface area contributed by atoms with Gasteiger partial charge in [-0.1, -0.05) is 31.2 Å². The van der Waals surface area contributed by atoms with Crippen molar-refractivity contribution in [3.63, 3.8) is 0 Å². The van der Waals surface area contributed by atoms with E-state index in [-0.39, 0.29) is 6.10 Å². The third-order valence-corrected chi connectivity index (χ3v) is 2.27. The highest BCUT2D eigenvalue weighted by molar-refractivity contribution is 6.61. The van der Waals surface area contributed by atoms with Crippen molar-refractivity contribution in [2.45, 2.75) is 19.4 Å². The molecule has 62 valence electrons. The van der Waals surface area contributed by atoms with Crippen molar-refractivity contribution in [1.82, 2.24) is 0 Å². The molecule has 3 heteroatoms. The van der Waals surface area contributed by atoms with Crippen molar-refractivity contribution in [3.05, 3.63) is 29.8 Å². The summed E-state index contributed by atoms with van der Waals surface area (Å²) in [5.41, 5.74) is 2.05. The van der Waals surface area contributed by atoms with Gasteiger partial charge in [-0.3, -0.25) is 0 Å². The second kappa shape index (κ2) is 2.92. The molecule has 0 fully saturated rings. The molecule has 0 radical (unpaired) electrons. The van der Waals surface area contributed by atoms with Crippen LogP contribution in [0.25, 0.3) is 0 Å². The van der Waals surface area contributed by atoms with E-state index in [2.05, 4.69) is 6.92 Å². The molecule has 0 saturated heterocycles. The molecule has 1 aromatic rings. The van der Waals surface area contributed by atoms with Crippen LogP contribution in [0.2, 0.25) is 0 Å². The fourth-order valence-electron chi connectivity index (χ4n) is 1.65. The topological polar surface area (TPSA) is 29.5 Å². The Hall–Kier alpha value is -0.795. The highest BCUT2D eigenvalue weighted by Crippen LogP contribution is 2.25. The predicted octanol–water partition coefficient (Wildman–Crippen LogP) is 0.855. The van der Waals surface area contributed by atoms with Gasteiger partial charge in [0.2, 0.25) is 0 Å². The molecule has 1 aliphatic rings. The van der Waals surface area contributed by atoms with E-state index in [1.54, 1.807) is 0 Å². The number of rotatable bonds is 1. The number of fused-ring (bicyclic) bond motifs is 1. The zero-order chi connectivity index (χ0) is 8.55. The van der Waals surface area contributed by atoms with Gasteiger partial charge in [-0.05, 0) is 17.4 Å². The van der Waals surface area contributed by atoms with Crippen LogP contribution in [-0.2, 0) is 4.65 Å². The molecule has 12 heavy (non-hydrogen) atoms. The van der Waals surface area contributed by atoms with Crippen LogP contribution in [0.5, 0.6) is 0 Å². The molecule has 0 aliphatic carbocycles. The molecule has 0 aromatic heterocycles. The lowest BCUT2D eigenvalue weighted by atomic mass is 9.79. The quantitative estimate of drug-likeness (QED) is 0.620. The first-order valence-electron chi connectivity index (χ1n) is 4.25. The van der Waals surface area contributed by atoms with Crippen molar-refractivity contribution in [1.29, 1.82) is 0 Å². The van der Waals surface area contributed by atoms with E-state index in [0.29, 0.717) is 0 Å². The van der Waals surface area contributed by atoms with Crippen LogP contribution in [0.3, 0.4) is 0 Å². The van der Waals surface area contributed by atoms with Gasteiger partial charge >= 0.3 is 7.12 Å². The molecular weight excluding hydrogens is 151 g/mol. The third-order valence-electron chi connectivity index (χ3n) is 2.27. The summed E-state index contributed by atoms with van der Waals surface area (Å²) in [6.45, 7) is 2.06. The van der Waals surface area contributed by atoms with E-state index in [9.17, 15) is 5.02 Å². The minimum atomic E-state index is -0.717. The monoisotopic (exact) mass is 162 g/mol. The van der Waals surface area contributed by atoms with E-state index in [1.807, 2.05) is 24.3 Å². The maximum absolute atomic E-state index is 9.46. The van der Waals surface area contributed by atoms with Crippen molar-refractivity contribution in [3.8, 4) is 0 Å². The fourth-order valence-corrected chi connectivity index (χ4v) is 1.65. The third kappa shape index (κ3) is 1.06. The minimum Gasteiger partial charge on any atom is -0.423 e. The molecule has 1 N–H and O–H groups in total. The number of hydrogen-bond acceptors (Lipinski definition) is 2. The van der Waals surface area contributed by atoms with Crippen LogP contribution in [-0.4, -0.2) is 12.1 Å². The van der Waals surface area contributed by atoms with Gasteiger partial charge in [0.15, 0.2) is 0 Å². The fraction of sp³-hybridized carbons (Fsp3) is 0.333. The first-order chi connectivity index (χ1) is 5.83. The van der Waals surface area contributed by atoms with Gasteiger partial charge in [-0.25, -0.2) is 0 Å². The average Bonchev–Trinajstić information content (AvgIpc) is 2.44. The molecule has 2 nitrogen and oxygen atoms in total. The van der Waals surface area contributed by atoms with E-state index < -0.39 is 7.12 Å². The van der Waals surface area contributed by atoms with Gasteiger partial charge in [0.05, 0.1) is 6.10 Å². The summed E-state index contributed by atoms with van der Waals surface area (Å²) in [5, 5.41) is 9.46. The zero-order valence-electron chi connectivity index (χ0n) is 7.03. The highest BCUT2D eigenvalue weighted by Gasteiger charge is 2.33. The Morgan fingerprint density at radius 1 is 1.50 bits per heavy atom. The SMILES string of the molecule is CCC1OB(O)c2ccccc21. The summed E-state index contributed by atoms with van der Waals surface area (Å²) >= 11 is 0. The van der Waals surface area contributed by atoms with Gasteiger partial charge < -0.3 is 9.68 Å². The average molecular weight is 162 g/mol. The molecule has 1 unspecified atom stereocenters. The second-order valence-corrected chi connectivity index (χ2v) is 3.01. The minimum absolute atomic E-state index is 0.0798. The van der Waals surface area contributed by atoms with Gasteiger partial charge in [0.1, 0.15) is 0 Å². The predicted molar refractivity (Wildman–Crippen MR) is 48.2 cm³/mol. The maximum atomic E-state index is 9.46. The van der Waals surface area contributed by atoms with Gasteiger partial charge in [0, 0.05) is 0 Å². The summed E-state index contributed by atoms with van der Waals surface area (Å²) in [6, 6.07) is 7.82. The lowest BCUT2D eigenvalue weighted by Gasteiger charge is -2.07. The van der Waals surface area contributed by atoms with Crippen molar-refractivity contribution >= 4 is 12.6 Å². The van der Waals surface area contributed by atoms with Crippen LogP contribution in [0.4, 0.5) is 0 Å². The molecule has 0 spiro atoms. The van der Waals surface area contributed by atoms with Crippen LogP contribution < -0.4 is 5.46 Å². The zero-order valence-corrected chi connectivity index (χ0v) is 7.03. The Morgan fingerprint density at radius 3 is 3.00 bits per heavy atom. The lowest BCUT2D eigenvalue weighted by molar-refractivity contribution is 0.186. The van der Waals surface area contributed by atoms with E-state index in [0.717, 1.165) is 17.4 Å². The van der Waals surface area contributed by atoms with Crippen LogP contribution in [0, 0.1) is 0 Å². The Balaban J connectivity index is 2.43. The summed E-state index contributed by atoms with van der Waals surface area (Å²) < 4.78 is 5.34. The molecule has 0 amide bonds. The van der Waals surface area contributed by atoms with Crippen molar-refractivity contribution in [2.75, 3.05) is 0 Å². The van der Waals surface area contributed by atoms with Crippen molar-refractivity contribution in [2.24, 2.45) is 0 Å². The Kier molecular flexibility index (Phi) is 1.91. The standard InChI is InChI=1S/C9H11BO2/c1-2-9-7-5-3-4-6-8(7)10(11)12-9/h3-6,9,11H,2H2,1H3. The van der Waals surface area contributed by atoms with E-state index >= 15 is 0 Å². The van der Waals surface area contributed by atoms with E-state index in [4.69, 9.17) is 4.65 Å².